The maximum Gasteiger partial charge on any atom is 0.538 e. The van der Waals surface area contributed by atoms with Crippen molar-refractivity contribution < 1.29 is 13.3 Å². The topological polar surface area (TPSA) is 27.7 Å². The molecular weight excluding hydrogens is 431 g/mol. The third-order valence-corrected chi connectivity index (χ3v) is 8.33. The standard InChI is InChI=1S/C19H33IO3Si/c1-5-8-14-21-24(22-15-9-6-2,23-16-10-7-3)19-17(4)12-11-13-18(19)20/h11-13H,5-10,14-16H2,1-4H3. The second-order valence-corrected chi connectivity index (χ2v) is 9.73. The molecule has 0 saturated carbocycles. The van der Waals surface area contributed by atoms with Crippen molar-refractivity contribution in [1.82, 2.24) is 0 Å². The molecule has 0 fully saturated rings. The first-order valence-corrected chi connectivity index (χ1v) is 12.1. The molecule has 1 aromatic rings. The van der Waals surface area contributed by atoms with Gasteiger partial charge in [0.05, 0.1) is 0 Å². The van der Waals surface area contributed by atoms with Gasteiger partial charge in [0.2, 0.25) is 0 Å². The van der Waals surface area contributed by atoms with Crippen molar-refractivity contribution in [2.24, 2.45) is 0 Å². The number of benzene rings is 1. The van der Waals surface area contributed by atoms with Crippen LogP contribution in [0.3, 0.4) is 0 Å². The molecule has 3 nitrogen and oxygen atoms in total. The third-order valence-electron chi connectivity index (χ3n) is 3.90. The molecule has 0 aromatic heterocycles. The molecule has 138 valence electrons. The van der Waals surface area contributed by atoms with Gasteiger partial charge < -0.3 is 13.3 Å². The number of halogens is 1. The Bertz CT molecular complexity index is 421. The lowest BCUT2D eigenvalue weighted by Gasteiger charge is -2.32. The average molecular weight is 464 g/mol. The number of hydrogen-bond donors (Lipinski definition) is 0. The van der Waals surface area contributed by atoms with Crippen LogP contribution >= 0.6 is 22.6 Å². The molecule has 0 N–H and O–H groups in total. The van der Waals surface area contributed by atoms with Crippen LogP contribution in [0.5, 0.6) is 0 Å². The Labute approximate surface area is 163 Å². The number of aryl methyl sites for hydroxylation is 1. The molecular formula is C19H33IO3Si. The molecule has 0 saturated heterocycles. The Morgan fingerprint density at radius 1 is 0.833 bits per heavy atom. The molecule has 0 radical (unpaired) electrons. The van der Waals surface area contributed by atoms with Crippen LogP contribution in [0.25, 0.3) is 0 Å². The first-order valence-electron chi connectivity index (χ1n) is 9.28. The lowest BCUT2D eigenvalue weighted by atomic mass is 10.2. The number of rotatable bonds is 13. The minimum atomic E-state index is -2.88. The minimum Gasteiger partial charge on any atom is -0.370 e. The Morgan fingerprint density at radius 3 is 1.67 bits per heavy atom. The largest absolute Gasteiger partial charge is 0.538 e. The maximum atomic E-state index is 6.40. The zero-order valence-electron chi connectivity index (χ0n) is 15.7. The lowest BCUT2D eigenvalue weighted by molar-refractivity contribution is 0.0697. The summed E-state index contributed by atoms with van der Waals surface area (Å²) in [6.07, 6.45) is 6.43. The van der Waals surface area contributed by atoms with E-state index in [9.17, 15) is 0 Å². The average Bonchev–Trinajstić information content (AvgIpc) is 2.55. The van der Waals surface area contributed by atoms with Gasteiger partial charge in [-0.2, -0.15) is 0 Å². The van der Waals surface area contributed by atoms with Gasteiger partial charge in [-0.3, -0.25) is 0 Å². The highest BCUT2D eigenvalue weighted by molar-refractivity contribution is 14.1. The summed E-state index contributed by atoms with van der Waals surface area (Å²) in [6, 6.07) is 6.35. The van der Waals surface area contributed by atoms with Crippen LogP contribution in [-0.2, 0) is 13.3 Å². The first-order chi connectivity index (χ1) is 11.6. The maximum absolute atomic E-state index is 6.40. The Balaban J connectivity index is 3.15. The van der Waals surface area contributed by atoms with Crippen LogP contribution < -0.4 is 5.19 Å². The molecule has 1 rings (SSSR count). The van der Waals surface area contributed by atoms with Crippen LogP contribution in [0.1, 0.15) is 64.9 Å². The summed E-state index contributed by atoms with van der Waals surface area (Å²) in [4.78, 5) is 0. The fourth-order valence-corrected chi connectivity index (χ4v) is 6.90. The van der Waals surface area contributed by atoms with Crippen LogP contribution in [0, 0.1) is 10.5 Å². The fraction of sp³-hybridized carbons (Fsp3) is 0.684. The molecule has 5 heteroatoms. The Hall–Kier alpha value is 0.0469. The number of hydrogen-bond acceptors (Lipinski definition) is 3. The van der Waals surface area contributed by atoms with Gasteiger partial charge in [0.1, 0.15) is 0 Å². The van der Waals surface area contributed by atoms with Gasteiger partial charge in [-0.15, -0.1) is 0 Å². The van der Waals surface area contributed by atoms with Crippen LogP contribution in [0.4, 0.5) is 0 Å². The molecule has 0 aliphatic rings. The van der Waals surface area contributed by atoms with Gasteiger partial charge in [-0.05, 0) is 60.4 Å². The quantitative estimate of drug-likeness (QED) is 0.228. The van der Waals surface area contributed by atoms with Crippen molar-refractivity contribution >= 4 is 36.6 Å². The van der Waals surface area contributed by atoms with Crippen molar-refractivity contribution in [2.75, 3.05) is 19.8 Å². The summed E-state index contributed by atoms with van der Waals surface area (Å²) in [7, 11) is -2.88. The molecule has 1 aromatic carbocycles. The number of unbranched alkanes of at least 4 members (excludes halogenated alkanes) is 3. The summed E-state index contributed by atoms with van der Waals surface area (Å²) >= 11 is 2.39. The van der Waals surface area contributed by atoms with Gasteiger partial charge in [0.25, 0.3) is 0 Å². The normalized spacial score (nSPS) is 11.9. The summed E-state index contributed by atoms with van der Waals surface area (Å²) in [5.41, 5.74) is 1.21. The molecule has 0 aliphatic heterocycles. The van der Waals surface area contributed by atoms with Gasteiger partial charge >= 0.3 is 8.80 Å². The lowest BCUT2D eigenvalue weighted by Crippen LogP contribution is -2.59. The molecule has 0 atom stereocenters. The highest BCUT2D eigenvalue weighted by Crippen LogP contribution is 2.19. The Morgan fingerprint density at radius 2 is 1.29 bits per heavy atom. The minimum absolute atomic E-state index is 0.700. The van der Waals surface area contributed by atoms with E-state index in [-0.39, 0.29) is 0 Å². The first kappa shape index (κ1) is 22.1. The van der Waals surface area contributed by atoms with Gasteiger partial charge in [-0.25, -0.2) is 0 Å². The monoisotopic (exact) mass is 464 g/mol. The van der Waals surface area contributed by atoms with Gasteiger partial charge in [-0.1, -0.05) is 52.2 Å². The Kier molecular flexibility index (Phi) is 11.4. The summed E-state index contributed by atoms with van der Waals surface area (Å²) in [5.74, 6) is 0. The predicted octanol–water partition coefficient (Wildman–Crippen LogP) is 5.20. The van der Waals surface area contributed by atoms with E-state index in [1.807, 2.05) is 0 Å². The van der Waals surface area contributed by atoms with Crippen molar-refractivity contribution in [3.05, 3.63) is 27.3 Å². The molecule has 24 heavy (non-hydrogen) atoms. The van der Waals surface area contributed by atoms with Gasteiger partial charge in [0, 0.05) is 28.6 Å². The van der Waals surface area contributed by atoms with Gasteiger partial charge in [0.15, 0.2) is 0 Å². The summed E-state index contributed by atoms with van der Waals surface area (Å²) < 4.78 is 20.4. The fourth-order valence-electron chi connectivity index (χ4n) is 2.41. The van der Waals surface area contributed by atoms with Crippen molar-refractivity contribution in [2.45, 2.75) is 66.2 Å². The van der Waals surface area contributed by atoms with Crippen molar-refractivity contribution in [3.63, 3.8) is 0 Å². The molecule has 0 unspecified atom stereocenters. The molecule has 0 bridgehead atoms. The van der Waals surface area contributed by atoms with E-state index in [1.54, 1.807) is 0 Å². The van der Waals surface area contributed by atoms with E-state index < -0.39 is 8.80 Å². The highest BCUT2D eigenvalue weighted by atomic mass is 127. The SMILES string of the molecule is CCCCO[Si](OCCCC)(OCCCC)c1c(C)cccc1I. The van der Waals surface area contributed by atoms with E-state index in [4.69, 9.17) is 13.3 Å². The van der Waals surface area contributed by atoms with Crippen LogP contribution in [0.15, 0.2) is 18.2 Å². The van der Waals surface area contributed by atoms with E-state index in [2.05, 4.69) is 68.5 Å². The van der Waals surface area contributed by atoms with Crippen LogP contribution in [-0.4, -0.2) is 28.6 Å². The van der Waals surface area contributed by atoms with Crippen molar-refractivity contribution in [1.29, 1.82) is 0 Å². The zero-order chi connectivity index (χ0) is 17.8. The second kappa shape index (κ2) is 12.4. The van der Waals surface area contributed by atoms with E-state index in [1.165, 1.54) is 9.13 Å². The summed E-state index contributed by atoms with van der Waals surface area (Å²) in [6.45, 7) is 10.8. The summed E-state index contributed by atoms with van der Waals surface area (Å²) in [5, 5.41) is 1.16. The van der Waals surface area contributed by atoms with E-state index in [0.29, 0.717) is 19.8 Å². The third kappa shape index (κ3) is 6.75. The van der Waals surface area contributed by atoms with Crippen molar-refractivity contribution in [3.8, 4) is 0 Å². The molecule has 0 heterocycles. The smallest absolute Gasteiger partial charge is 0.370 e. The molecule has 0 amide bonds. The molecule has 0 spiro atoms. The zero-order valence-corrected chi connectivity index (χ0v) is 18.9. The van der Waals surface area contributed by atoms with E-state index >= 15 is 0 Å². The van der Waals surface area contributed by atoms with Crippen LogP contribution in [0.2, 0.25) is 0 Å². The highest BCUT2D eigenvalue weighted by Gasteiger charge is 2.46. The predicted molar refractivity (Wildman–Crippen MR) is 112 cm³/mol. The molecule has 0 aliphatic carbocycles. The second-order valence-electron chi connectivity index (χ2n) is 6.09. The van der Waals surface area contributed by atoms with E-state index in [0.717, 1.165) is 43.7 Å².